The van der Waals surface area contributed by atoms with Crippen LogP contribution in [0.2, 0.25) is 0 Å². The number of hydrogen-bond acceptors (Lipinski definition) is 5. The van der Waals surface area contributed by atoms with Crippen LogP contribution in [0.1, 0.15) is 34.7 Å². The molecular weight excluding hydrogens is 458 g/mol. The van der Waals surface area contributed by atoms with Gasteiger partial charge in [0.25, 0.3) is 0 Å². The monoisotopic (exact) mass is 485 g/mol. The molecule has 5 rings (SSSR count). The summed E-state index contributed by atoms with van der Waals surface area (Å²) in [7, 11) is 3.30. The van der Waals surface area contributed by atoms with Crippen molar-refractivity contribution in [3.05, 3.63) is 95.8 Å². The lowest BCUT2D eigenvalue weighted by molar-refractivity contribution is 0.394. The average Bonchev–Trinajstić information content (AvgIpc) is 3.39. The van der Waals surface area contributed by atoms with Crippen LogP contribution in [0.3, 0.4) is 0 Å². The first-order chi connectivity index (χ1) is 17.0. The summed E-state index contributed by atoms with van der Waals surface area (Å²) in [5.74, 6) is 1.40. The molecule has 2 atom stereocenters. The lowest BCUT2D eigenvalue weighted by Crippen LogP contribution is -2.30. The van der Waals surface area contributed by atoms with Crippen molar-refractivity contribution in [2.75, 3.05) is 19.1 Å². The van der Waals surface area contributed by atoms with E-state index in [-0.39, 0.29) is 12.1 Å². The number of aromatic nitrogens is 3. The second-order valence-corrected chi connectivity index (χ2v) is 8.79. The van der Waals surface area contributed by atoms with Gasteiger partial charge in [0.1, 0.15) is 11.5 Å². The minimum absolute atomic E-state index is 0.154. The van der Waals surface area contributed by atoms with Gasteiger partial charge >= 0.3 is 0 Å². The lowest BCUT2D eigenvalue weighted by Gasteiger charge is -2.29. The molecule has 0 saturated carbocycles. The van der Waals surface area contributed by atoms with Crippen molar-refractivity contribution >= 4 is 23.0 Å². The van der Waals surface area contributed by atoms with Crippen molar-refractivity contribution < 1.29 is 9.47 Å². The maximum Gasteiger partial charge on any atom is 0.174 e. The Hall–Kier alpha value is -3.91. The Bertz CT molecular complexity index is 1360. The van der Waals surface area contributed by atoms with E-state index in [1.807, 2.05) is 54.9 Å². The van der Waals surface area contributed by atoms with Gasteiger partial charge in [-0.3, -0.25) is 9.97 Å². The highest BCUT2D eigenvalue weighted by molar-refractivity contribution is 7.80. The van der Waals surface area contributed by atoms with Crippen molar-refractivity contribution in [3.63, 3.8) is 0 Å². The lowest BCUT2D eigenvalue weighted by atomic mass is 9.96. The first-order valence-corrected chi connectivity index (χ1v) is 11.8. The fourth-order valence-electron chi connectivity index (χ4n) is 4.88. The number of nitrogens with one attached hydrogen (secondary N) is 1. The predicted molar refractivity (Wildman–Crippen MR) is 141 cm³/mol. The molecule has 0 spiro atoms. The number of methoxy groups -OCH3 is 2. The Morgan fingerprint density at radius 1 is 0.971 bits per heavy atom. The van der Waals surface area contributed by atoms with Gasteiger partial charge in [0.15, 0.2) is 5.11 Å². The number of nitrogens with zero attached hydrogens (tertiary/aromatic N) is 4. The second-order valence-electron chi connectivity index (χ2n) is 8.41. The Balaban J connectivity index is 1.70. The zero-order valence-electron chi connectivity index (χ0n) is 20.1. The van der Waals surface area contributed by atoms with Crippen molar-refractivity contribution in [1.82, 2.24) is 19.9 Å². The number of hydrogen-bond donors (Lipinski definition) is 1. The molecule has 8 heteroatoms. The Morgan fingerprint density at radius 3 is 2.51 bits per heavy atom. The summed E-state index contributed by atoms with van der Waals surface area (Å²) in [6.45, 7) is 4.24. The largest absolute Gasteiger partial charge is 0.497 e. The first kappa shape index (κ1) is 22.9. The molecule has 0 radical (unpaired) electrons. The van der Waals surface area contributed by atoms with Crippen LogP contribution in [0.25, 0.3) is 5.69 Å². The molecule has 0 unspecified atom stereocenters. The molecule has 178 valence electrons. The Kier molecular flexibility index (Phi) is 6.13. The average molecular weight is 486 g/mol. The van der Waals surface area contributed by atoms with Crippen LogP contribution in [-0.4, -0.2) is 33.9 Å². The van der Waals surface area contributed by atoms with E-state index in [1.54, 1.807) is 20.4 Å². The van der Waals surface area contributed by atoms with E-state index in [0.29, 0.717) is 10.9 Å². The highest BCUT2D eigenvalue weighted by Gasteiger charge is 2.43. The zero-order chi connectivity index (χ0) is 24.5. The maximum atomic E-state index is 5.91. The molecule has 0 aliphatic carbocycles. The molecule has 0 bridgehead atoms. The van der Waals surface area contributed by atoms with Crippen molar-refractivity contribution in [1.29, 1.82) is 0 Å². The van der Waals surface area contributed by atoms with Gasteiger partial charge in [-0.15, -0.1) is 0 Å². The molecule has 7 nitrogen and oxygen atoms in total. The molecule has 1 saturated heterocycles. The summed E-state index contributed by atoms with van der Waals surface area (Å²) in [6.07, 6.45) is 5.47. The Labute approximate surface area is 210 Å². The van der Waals surface area contributed by atoms with Gasteiger partial charge in [-0.1, -0.05) is 6.07 Å². The van der Waals surface area contributed by atoms with Crippen LogP contribution in [-0.2, 0) is 0 Å². The number of aryl methyl sites for hydroxylation is 1. The van der Waals surface area contributed by atoms with Gasteiger partial charge in [-0.05, 0) is 74.1 Å². The van der Waals surface area contributed by atoms with E-state index in [9.17, 15) is 0 Å². The molecule has 1 aliphatic heterocycles. The van der Waals surface area contributed by atoms with Crippen molar-refractivity contribution in [2.45, 2.75) is 25.9 Å². The van der Waals surface area contributed by atoms with E-state index in [1.165, 1.54) is 0 Å². The first-order valence-electron chi connectivity index (χ1n) is 11.4. The number of benzene rings is 1. The minimum Gasteiger partial charge on any atom is -0.497 e. The second kappa shape index (κ2) is 9.38. The van der Waals surface area contributed by atoms with Crippen LogP contribution in [0.4, 0.5) is 5.69 Å². The fourth-order valence-corrected chi connectivity index (χ4v) is 5.22. The molecule has 1 aliphatic rings. The van der Waals surface area contributed by atoms with Gasteiger partial charge in [-0.25, -0.2) is 0 Å². The van der Waals surface area contributed by atoms with Crippen molar-refractivity contribution in [2.24, 2.45) is 0 Å². The van der Waals surface area contributed by atoms with E-state index < -0.39 is 0 Å². The SMILES string of the molecule is COc1ccc(N2C(=S)N[C@@H](c3ccccn3)[C@@H]2c2cc(C)n(-c3cccnc3)c2C)c(OC)c1. The van der Waals surface area contributed by atoms with Gasteiger partial charge in [0.2, 0.25) is 0 Å². The van der Waals surface area contributed by atoms with Gasteiger partial charge in [-0.2, -0.15) is 0 Å². The number of anilines is 1. The molecule has 3 aromatic heterocycles. The number of thiocarbonyl (C=S) groups is 1. The van der Waals surface area contributed by atoms with E-state index in [2.05, 4.69) is 50.7 Å². The molecule has 1 N–H and O–H groups in total. The smallest absolute Gasteiger partial charge is 0.174 e. The van der Waals surface area contributed by atoms with E-state index in [4.69, 9.17) is 21.7 Å². The van der Waals surface area contributed by atoms with Gasteiger partial charge in [0.05, 0.1) is 49.6 Å². The third kappa shape index (κ3) is 4.00. The molecule has 1 aromatic carbocycles. The standard InChI is InChI=1S/C27H27N5O2S/c1-17-14-21(18(2)31(17)19-8-7-12-28-16-19)26-25(22-9-5-6-13-29-22)30-27(35)32(26)23-11-10-20(33-3)15-24(23)34-4/h5-16,25-26H,1-4H3,(H,30,35)/t25-,26-/m0/s1. The number of pyridine rings is 2. The molecular formula is C27H27N5O2S. The van der Waals surface area contributed by atoms with Crippen LogP contribution in [0, 0.1) is 13.8 Å². The summed E-state index contributed by atoms with van der Waals surface area (Å²) < 4.78 is 13.4. The summed E-state index contributed by atoms with van der Waals surface area (Å²) in [6, 6.07) is 17.7. The summed E-state index contributed by atoms with van der Waals surface area (Å²) in [5.41, 5.74) is 6.18. The van der Waals surface area contributed by atoms with Crippen LogP contribution < -0.4 is 19.7 Å². The maximum absolute atomic E-state index is 5.91. The zero-order valence-corrected chi connectivity index (χ0v) is 20.9. The fraction of sp³-hybridized carbons (Fsp3) is 0.222. The third-order valence-electron chi connectivity index (χ3n) is 6.44. The topological polar surface area (TPSA) is 64.4 Å². The van der Waals surface area contributed by atoms with E-state index in [0.717, 1.165) is 39.8 Å². The third-order valence-corrected chi connectivity index (χ3v) is 6.75. The van der Waals surface area contributed by atoms with Gasteiger partial charge in [0, 0.05) is 29.8 Å². The molecule has 1 fully saturated rings. The normalized spacial score (nSPS) is 17.4. The van der Waals surface area contributed by atoms with Crippen LogP contribution in [0.5, 0.6) is 11.5 Å². The van der Waals surface area contributed by atoms with Crippen molar-refractivity contribution in [3.8, 4) is 17.2 Å². The predicted octanol–water partition coefficient (Wildman–Crippen LogP) is 5.08. The highest BCUT2D eigenvalue weighted by atomic mass is 32.1. The summed E-state index contributed by atoms with van der Waals surface area (Å²) in [4.78, 5) is 11.1. The Morgan fingerprint density at radius 2 is 1.83 bits per heavy atom. The summed E-state index contributed by atoms with van der Waals surface area (Å²) in [5, 5.41) is 4.14. The van der Waals surface area contributed by atoms with E-state index >= 15 is 0 Å². The summed E-state index contributed by atoms with van der Waals surface area (Å²) >= 11 is 5.91. The quantitative estimate of drug-likeness (QED) is 0.382. The number of rotatable bonds is 6. The highest BCUT2D eigenvalue weighted by Crippen LogP contribution is 2.46. The molecule has 35 heavy (non-hydrogen) atoms. The van der Waals surface area contributed by atoms with Crippen LogP contribution >= 0.6 is 12.2 Å². The van der Waals surface area contributed by atoms with Gasteiger partial charge < -0.3 is 24.3 Å². The molecule has 4 aromatic rings. The molecule has 0 amide bonds. The molecule has 4 heterocycles. The van der Waals surface area contributed by atoms with Crippen LogP contribution in [0.15, 0.2) is 73.2 Å². The minimum atomic E-state index is -0.156. The number of ether oxygens (including phenoxy) is 2.